The second-order valence-corrected chi connectivity index (χ2v) is 18.2. The van der Waals surface area contributed by atoms with Crippen LogP contribution < -0.4 is 14.4 Å². The summed E-state index contributed by atoms with van der Waals surface area (Å²) >= 11 is 3.57. The van der Waals surface area contributed by atoms with E-state index in [0.717, 1.165) is 36.7 Å². The lowest BCUT2D eigenvalue weighted by atomic mass is 9.90. The summed E-state index contributed by atoms with van der Waals surface area (Å²) < 4.78 is 40.7. The van der Waals surface area contributed by atoms with Gasteiger partial charge in [-0.2, -0.15) is 10.00 Å². The summed E-state index contributed by atoms with van der Waals surface area (Å²) in [5, 5.41) is 15.5. The molecule has 2 aliphatic rings. The maximum atomic E-state index is 14.9. The fourth-order valence-corrected chi connectivity index (χ4v) is 7.82. The number of benzene rings is 3. The van der Waals surface area contributed by atoms with Crippen molar-refractivity contribution in [2.45, 2.75) is 104 Å². The Kier molecular flexibility index (Phi) is 12.1. The minimum Gasteiger partial charge on any atom is -0.489 e. The van der Waals surface area contributed by atoms with Crippen molar-refractivity contribution in [2.75, 3.05) is 18.0 Å². The number of likely N-dealkylation sites (tertiary alicyclic amines) is 1. The molecule has 3 heterocycles. The average Bonchev–Trinajstić information content (AvgIpc) is 3.74. The van der Waals surface area contributed by atoms with Gasteiger partial charge in [-0.25, -0.2) is 28.0 Å². The topological polar surface area (TPSA) is 155 Å². The molecule has 1 saturated heterocycles. The van der Waals surface area contributed by atoms with Crippen LogP contribution in [0.4, 0.5) is 24.6 Å². The number of carboxylic acid groups (broad SMARTS) is 1. The van der Waals surface area contributed by atoms with Crippen LogP contribution in [0.25, 0.3) is 16.6 Å². The van der Waals surface area contributed by atoms with E-state index in [2.05, 4.69) is 25.9 Å². The van der Waals surface area contributed by atoms with E-state index < -0.39 is 41.1 Å². The molecule has 14 nitrogen and oxygen atoms in total. The van der Waals surface area contributed by atoms with Gasteiger partial charge in [0, 0.05) is 24.5 Å². The predicted octanol–water partition coefficient (Wildman–Crippen LogP) is 10.7. The molecule has 0 spiro atoms. The summed E-state index contributed by atoms with van der Waals surface area (Å²) in [5.41, 5.74) is -1.86. The number of para-hydroxylation sites is 1. The molecule has 7 rings (SSSR count). The Bertz CT molecular complexity index is 2480. The number of aryl methyl sites for hydroxylation is 1. The highest BCUT2D eigenvalue weighted by atomic mass is 79.9. The van der Waals surface area contributed by atoms with E-state index in [1.807, 2.05) is 0 Å². The highest BCUT2D eigenvalue weighted by Crippen LogP contribution is 2.38. The third kappa shape index (κ3) is 9.44. The number of hydrogen-bond acceptors (Lipinski definition) is 10. The molecule has 0 radical (unpaired) electrons. The van der Waals surface area contributed by atoms with Gasteiger partial charge in [-0.1, -0.05) is 18.6 Å². The molecule has 16 heteroatoms. The largest absolute Gasteiger partial charge is 0.489 e. The smallest absolute Gasteiger partial charge is 0.425 e. The van der Waals surface area contributed by atoms with Gasteiger partial charge < -0.3 is 29.0 Å². The van der Waals surface area contributed by atoms with Crippen LogP contribution in [0.1, 0.15) is 95.3 Å². The predicted molar refractivity (Wildman–Crippen MR) is 229 cm³/mol. The van der Waals surface area contributed by atoms with Gasteiger partial charge in [0.25, 0.3) is 0 Å². The first kappa shape index (κ1) is 43.4. The third-order valence-electron chi connectivity index (χ3n) is 10.5. The van der Waals surface area contributed by atoms with Gasteiger partial charge in [-0.05, 0) is 144 Å². The van der Waals surface area contributed by atoms with Crippen LogP contribution in [0.15, 0.2) is 71.3 Å². The maximum Gasteiger partial charge on any atom is 0.425 e. The number of fused-ring (bicyclic) bond motifs is 1. The Morgan fingerprint density at radius 2 is 1.51 bits per heavy atom. The number of anilines is 1. The van der Waals surface area contributed by atoms with Crippen molar-refractivity contribution >= 4 is 56.7 Å². The van der Waals surface area contributed by atoms with E-state index in [9.17, 15) is 28.7 Å². The molecule has 1 N–H and O–H groups in total. The van der Waals surface area contributed by atoms with Gasteiger partial charge >= 0.3 is 18.3 Å². The van der Waals surface area contributed by atoms with E-state index in [1.54, 1.807) is 90.9 Å². The third-order valence-corrected chi connectivity index (χ3v) is 11.1. The van der Waals surface area contributed by atoms with E-state index in [-0.39, 0.29) is 40.1 Å². The second kappa shape index (κ2) is 17.0. The first-order chi connectivity index (χ1) is 28.8. The number of carbonyl (C=O) groups excluding carboxylic acids is 3. The van der Waals surface area contributed by atoms with Crippen molar-refractivity contribution < 1.29 is 47.6 Å². The first-order valence-electron chi connectivity index (χ1n) is 20.2. The van der Waals surface area contributed by atoms with Gasteiger partial charge in [-0.3, -0.25) is 4.79 Å². The second-order valence-electron chi connectivity index (χ2n) is 17.3. The number of piperidine rings is 1. The molecule has 2 amide bonds. The number of ketones is 1. The van der Waals surface area contributed by atoms with Crippen molar-refractivity contribution in [1.29, 1.82) is 0 Å². The van der Waals surface area contributed by atoms with Crippen LogP contribution in [-0.2, 0) is 9.47 Å². The van der Waals surface area contributed by atoms with Gasteiger partial charge in [0.05, 0.1) is 27.4 Å². The molecule has 61 heavy (non-hydrogen) atoms. The minimum absolute atomic E-state index is 0.00360. The molecule has 2 aromatic heterocycles. The SMILES string of the molecule is Cc1cc(-n2ncc(C(=O)c3cc4cc(OC5CCN(C6CCC6)CC5)c(Br)cc4n3C(=O)O)c2N(C(=O)OC(C)(C)C)C(=O)OC(C)(C)C)ccc1Oc1ccccc1F. The van der Waals surface area contributed by atoms with E-state index in [0.29, 0.717) is 37.9 Å². The van der Waals surface area contributed by atoms with E-state index >= 15 is 0 Å². The lowest BCUT2D eigenvalue weighted by Gasteiger charge is -2.41. The zero-order chi connectivity index (χ0) is 44.0. The number of rotatable bonds is 9. The molecular formula is C45H49BrFN5O9. The van der Waals surface area contributed by atoms with Crippen LogP contribution >= 0.6 is 15.9 Å². The van der Waals surface area contributed by atoms with Crippen molar-refractivity contribution in [3.05, 3.63) is 94.0 Å². The summed E-state index contributed by atoms with van der Waals surface area (Å²) in [5.74, 6) is -1.02. The van der Waals surface area contributed by atoms with Gasteiger partial charge in [0.1, 0.15) is 34.5 Å². The Balaban J connectivity index is 1.32. The lowest BCUT2D eigenvalue weighted by molar-refractivity contribution is 0.0427. The summed E-state index contributed by atoms with van der Waals surface area (Å²) in [4.78, 5) is 59.3. The fourth-order valence-electron chi connectivity index (χ4n) is 7.40. The molecule has 1 aliphatic heterocycles. The zero-order valence-corrected chi connectivity index (χ0v) is 36.7. The minimum atomic E-state index is -1.45. The average molecular weight is 903 g/mol. The Hall–Kier alpha value is -5.74. The molecular weight excluding hydrogens is 853 g/mol. The molecule has 5 aromatic rings. The quantitative estimate of drug-likeness (QED) is 0.141. The lowest BCUT2D eigenvalue weighted by Crippen LogP contribution is -2.46. The monoisotopic (exact) mass is 901 g/mol. The number of amides is 2. The summed E-state index contributed by atoms with van der Waals surface area (Å²) in [6, 6.07) is 16.0. The molecule has 0 bridgehead atoms. The number of imide groups is 1. The van der Waals surface area contributed by atoms with Crippen molar-refractivity contribution in [3.63, 3.8) is 0 Å². The van der Waals surface area contributed by atoms with Crippen LogP contribution in [0, 0.1) is 12.7 Å². The fraction of sp³-hybridized carbons (Fsp3) is 0.400. The van der Waals surface area contributed by atoms with E-state index in [1.165, 1.54) is 42.1 Å². The molecule has 0 unspecified atom stereocenters. The van der Waals surface area contributed by atoms with Crippen molar-refractivity contribution in [3.8, 4) is 22.9 Å². The Morgan fingerprint density at radius 1 is 0.852 bits per heavy atom. The highest BCUT2D eigenvalue weighted by molar-refractivity contribution is 9.10. The van der Waals surface area contributed by atoms with E-state index in [4.69, 9.17) is 18.9 Å². The normalized spacial score (nSPS) is 15.3. The highest BCUT2D eigenvalue weighted by Gasteiger charge is 2.40. The number of hydrogen-bond donors (Lipinski definition) is 1. The molecule has 322 valence electrons. The summed E-state index contributed by atoms with van der Waals surface area (Å²) in [7, 11) is 0. The molecule has 1 saturated carbocycles. The number of nitrogens with zero attached hydrogens (tertiary/aromatic N) is 5. The number of carbonyl (C=O) groups is 4. The standard InChI is InChI=1S/C45H49BrFN5O9/c1-26-21-29(15-16-36(26)59-37-14-9-8-13-33(37)47)52-40(51(42(56)60-44(2,3)4)43(57)61-45(5,6)7)31(25-48-52)39(53)35-22-27-23-38(32(46)24-34(27)50(35)41(54)55)58-30-17-19-49(20-18-30)28-11-10-12-28/h8-9,13-16,21-25,28,30H,10-12,17-20H2,1-7H3,(H,54,55). The molecule has 3 aromatic carbocycles. The Morgan fingerprint density at radius 3 is 2.08 bits per heavy atom. The van der Waals surface area contributed by atoms with Crippen molar-refractivity contribution in [1.82, 2.24) is 19.2 Å². The molecule has 0 atom stereocenters. The first-order valence-corrected chi connectivity index (χ1v) is 21.0. The van der Waals surface area contributed by atoms with Gasteiger partial charge in [0.15, 0.2) is 17.4 Å². The number of aromatic nitrogens is 3. The molecule has 1 aliphatic carbocycles. The zero-order valence-electron chi connectivity index (χ0n) is 35.2. The summed E-state index contributed by atoms with van der Waals surface area (Å²) in [6.45, 7) is 13.2. The maximum absolute atomic E-state index is 14.9. The number of ether oxygens (including phenoxy) is 4. The van der Waals surface area contributed by atoms with Crippen LogP contribution in [0.5, 0.6) is 17.2 Å². The summed E-state index contributed by atoms with van der Waals surface area (Å²) in [6.07, 6.45) is 2.71. The van der Waals surface area contributed by atoms with Crippen LogP contribution in [0.2, 0.25) is 0 Å². The molecule has 2 fully saturated rings. The number of halogens is 2. The Labute approximate surface area is 361 Å². The van der Waals surface area contributed by atoms with Gasteiger partial charge in [-0.15, -0.1) is 0 Å². The van der Waals surface area contributed by atoms with Gasteiger partial charge in [0.2, 0.25) is 5.78 Å². The van der Waals surface area contributed by atoms with Crippen LogP contribution in [-0.4, -0.2) is 84.9 Å². The van der Waals surface area contributed by atoms with Crippen LogP contribution in [0.3, 0.4) is 0 Å². The van der Waals surface area contributed by atoms with Crippen molar-refractivity contribution in [2.24, 2.45) is 0 Å².